The van der Waals surface area contributed by atoms with Crippen LogP contribution in [0.5, 0.6) is 0 Å². The molecule has 0 radical (unpaired) electrons. The molecular weight excluding hydrogens is 390 g/mol. The van der Waals surface area contributed by atoms with Crippen LogP contribution in [-0.4, -0.2) is 34.4 Å². The van der Waals surface area contributed by atoms with Gasteiger partial charge in [0.1, 0.15) is 6.54 Å². The SMILES string of the molecule is CC(=O)Nc1ccc(/C=C2\SC(=O)N(CC(=O)Nc3cccc(C)c3)C2=O)cc1. The number of aryl methyl sites for hydroxylation is 1. The van der Waals surface area contributed by atoms with Crippen LogP contribution in [0.15, 0.2) is 53.4 Å². The lowest BCUT2D eigenvalue weighted by atomic mass is 10.2. The first-order valence-electron chi connectivity index (χ1n) is 8.81. The van der Waals surface area contributed by atoms with E-state index >= 15 is 0 Å². The molecule has 3 rings (SSSR count). The van der Waals surface area contributed by atoms with Gasteiger partial charge in [0.2, 0.25) is 11.8 Å². The van der Waals surface area contributed by atoms with E-state index in [2.05, 4.69) is 10.6 Å². The van der Waals surface area contributed by atoms with Gasteiger partial charge < -0.3 is 10.6 Å². The second kappa shape index (κ2) is 8.74. The first-order chi connectivity index (χ1) is 13.8. The summed E-state index contributed by atoms with van der Waals surface area (Å²) in [5.74, 6) is -1.13. The molecule has 1 aliphatic heterocycles. The van der Waals surface area contributed by atoms with Gasteiger partial charge in [-0.15, -0.1) is 0 Å². The first-order valence-corrected chi connectivity index (χ1v) is 9.63. The van der Waals surface area contributed by atoms with Crippen molar-refractivity contribution >= 4 is 52.2 Å². The molecule has 0 saturated carbocycles. The minimum Gasteiger partial charge on any atom is -0.326 e. The number of anilines is 2. The molecule has 0 unspecified atom stereocenters. The maximum Gasteiger partial charge on any atom is 0.294 e. The number of thioether (sulfide) groups is 1. The summed E-state index contributed by atoms with van der Waals surface area (Å²) in [5.41, 5.74) is 2.93. The minimum absolute atomic E-state index is 0.178. The number of nitrogens with one attached hydrogen (secondary N) is 2. The van der Waals surface area contributed by atoms with E-state index in [0.717, 1.165) is 22.2 Å². The Bertz CT molecular complexity index is 1010. The van der Waals surface area contributed by atoms with Crippen LogP contribution in [0.2, 0.25) is 0 Å². The maximum absolute atomic E-state index is 12.6. The highest BCUT2D eigenvalue weighted by Crippen LogP contribution is 2.32. The van der Waals surface area contributed by atoms with Crippen LogP contribution in [0, 0.1) is 6.92 Å². The zero-order chi connectivity index (χ0) is 21.0. The molecule has 148 valence electrons. The van der Waals surface area contributed by atoms with Crippen LogP contribution in [0.4, 0.5) is 16.2 Å². The monoisotopic (exact) mass is 409 g/mol. The average Bonchev–Trinajstić information content (AvgIpc) is 2.90. The van der Waals surface area contributed by atoms with Gasteiger partial charge in [-0.3, -0.25) is 24.1 Å². The summed E-state index contributed by atoms with van der Waals surface area (Å²) in [5, 5.41) is 4.85. The molecule has 2 aromatic carbocycles. The first kappa shape index (κ1) is 20.3. The molecule has 29 heavy (non-hydrogen) atoms. The smallest absolute Gasteiger partial charge is 0.294 e. The van der Waals surface area contributed by atoms with Crippen molar-refractivity contribution in [1.29, 1.82) is 0 Å². The van der Waals surface area contributed by atoms with Crippen LogP contribution in [0.1, 0.15) is 18.1 Å². The van der Waals surface area contributed by atoms with E-state index in [1.165, 1.54) is 6.92 Å². The van der Waals surface area contributed by atoms with E-state index in [9.17, 15) is 19.2 Å². The Balaban J connectivity index is 1.66. The third-order valence-electron chi connectivity index (χ3n) is 4.01. The van der Waals surface area contributed by atoms with E-state index in [1.54, 1.807) is 42.5 Å². The lowest BCUT2D eigenvalue weighted by molar-refractivity contribution is -0.127. The second-order valence-electron chi connectivity index (χ2n) is 6.49. The summed E-state index contributed by atoms with van der Waals surface area (Å²) in [6.45, 7) is 2.97. The number of imide groups is 1. The molecule has 1 heterocycles. The number of hydrogen-bond acceptors (Lipinski definition) is 5. The molecular formula is C21H19N3O4S. The predicted octanol–water partition coefficient (Wildman–Crippen LogP) is 3.63. The minimum atomic E-state index is -0.509. The Morgan fingerprint density at radius 1 is 1.03 bits per heavy atom. The third-order valence-corrected chi connectivity index (χ3v) is 4.91. The van der Waals surface area contributed by atoms with Gasteiger partial charge in [-0.25, -0.2) is 0 Å². The van der Waals surface area contributed by atoms with E-state index in [0.29, 0.717) is 16.9 Å². The standard InChI is InChI=1S/C21H19N3O4S/c1-13-4-3-5-17(10-13)23-19(26)12-24-20(27)18(29-21(24)28)11-15-6-8-16(9-7-15)22-14(2)25/h3-11H,12H2,1-2H3,(H,22,25)(H,23,26)/b18-11-. The lowest BCUT2D eigenvalue weighted by Crippen LogP contribution is -2.36. The highest BCUT2D eigenvalue weighted by atomic mass is 32.2. The zero-order valence-corrected chi connectivity index (χ0v) is 16.7. The summed E-state index contributed by atoms with van der Waals surface area (Å²) in [6, 6.07) is 14.1. The van der Waals surface area contributed by atoms with Crippen molar-refractivity contribution in [2.24, 2.45) is 0 Å². The molecule has 0 bridgehead atoms. The molecule has 0 spiro atoms. The van der Waals surface area contributed by atoms with Gasteiger partial charge in [0.05, 0.1) is 4.91 Å². The molecule has 0 aliphatic carbocycles. The Hall–Kier alpha value is -3.39. The molecule has 0 atom stereocenters. The number of amides is 4. The van der Waals surface area contributed by atoms with E-state index in [1.807, 2.05) is 19.1 Å². The molecule has 8 heteroatoms. The van der Waals surface area contributed by atoms with Crippen molar-refractivity contribution in [3.8, 4) is 0 Å². The molecule has 2 aromatic rings. The molecule has 0 aromatic heterocycles. The fourth-order valence-electron chi connectivity index (χ4n) is 2.72. The van der Waals surface area contributed by atoms with E-state index in [-0.39, 0.29) is 17.4 Å². The fourth-order valence-corrected chi connectivity index (χ4v) is 3.56. The quantitative estimate of drug-likeness (QED) is 0.736. The number of rotatable bonds is 5. The molecule has 7 nitrogen and oxygen atoms in total. The van der Waals surface area contributed by atoms with Crippen molar-refractivity contribution in [3.05, 3.63) is 64.6 Å². The number of carbonyl (C=O) groups excluding carboxylic acids is 4. The van der Waals surface area contributed by atoms with Gasteiger partial charge >= 0.3 is 0 Å². The van der Waals surface area contributed by atoms with Gasteiger partial charge in [-0.05, 0) is 60.2 Å². The molecule has 2 N–H and O–H groups in total. The van der Waals surface area contributed by atoms with Crippen LogP contribution < -0.4 is 10.6 Å². The van der Waals surface area contributed by atoms with Crippen molar-refractivity contribution in [3.63, 3.8) is 0 Å². The fraction of sp³-hybridized carbons (Fsp3) is 0.143. The Kier molecular flexibility index (Phi) is 6.13. The van der Waals surface area contributed by atoms with Crippen molar-refractivity contribution in [1.82, 2.24) is 4.90 Å². The Morgan fingerprint density at radius 2 is 1.76 bits per heavy atom. The van der Waals surface area contributed by atoms with Crippen LogP contribution in [0.3, 0.4) is 0 Å². The third kappa shape index (κ3) is 5.32. The summed E-state index contributed by atoms with van der Waals surface area (Å²) in [7, 11) is 0. The highest BCUT2D eigenvalue weighted by Gasteiger charge is 2.36. The van der Waals surface area contributed by atoms with Gasteiger partial charge in [0.25, 0.3) is 11.1 Å². The van der Waals surface area contributed by atoms with Gasteiger partial charge in [-0.1, -0.05) is 24.3 Å². The van der Waals surface area contributed by atoms with Crippen LogP contribution in [-0.2, 0) is 14.4 Å². The zero-order valence-electron chi connectivity index (χ0n) is 15.9. The van der Waals surface area contributed by atoms with Gasteiger partial charge in [-0.2, -0.15) is 0 Å². The topological polar surface area (TPSA) is 95.6 Å². The second-order valence-corrected chi connectivity index (χ2v) is 7.48. The van der Waals surface area contributed by atoms with Crippen molar-refractivity contribution < 1.29 is 19.2 Å². The summed E-state index contributed by atoms with van der Waals surface area (Å²) < 4.78 is 0. The predicted molar refractivity (Wildman–Crippen MR) is 113 cm³/mol. The lowest BCUT2D eigenvalue weighted by Gasteiger charge is -2.12. The average molecular weight is 409 g/mol. The summed E-state index contributed by atoms with van der Waals surface area (Å²) >= 11 is 0.791. The summed E-state index contributed by atoms with van der Waals surface area (Å²) in [6.07, 6.45) is 1.58. The Labute approximate surface area is 172 Å². The van der Waals surface area contributed by atoms with Crippen LogP contribution >= 0.6 is 11.8 Å². The molecule has 1 fully saturated rings. The van der Waals surface area contributed by atoms with Crippen LogP contribution in [0.25, 0.3) is 6.08 Å². The Morgan fingerprint density at radius 3 is 2.41 bits per heavy atom. The number of carbonyl (C=O) groups is 4. The van der Waals surface area contributed by atoms with Gasteiger partial charge in [0.15, 0.2) is 0 Å². The molecule has 1 saturated heterocycles. The van der Waals surface area contributed by atoms with E-state index in [4.69, 9.17) is 0 Å². The number of benzene rings is 2. The van der Waals surface area contributed by atoms with Crippen molar-refractivity contribution in [2.45, 2.75) is 13.8 Å². The summed E-state index contributed by atoms with van der Waals surface area (Å²) in [4.78, 5) is 49.2. The molecule has 4 amide bonds. The number of nitrogens with zero attached hydrogens (tertiary/aromatic N) is 1. The van der Waals surface area contributed by atoms with Crippen molar-refractivity contribution in [2.75, 3.05) is 17.2 Å². The van der Waals surface area contributed by atoms with Gasteiger partial charge in [0, 0.05) is 18.3 Å². The maximum atomic E-state index is 12.6. The normalized spacial score (nSPS) is 15.0. The largest absolute Gasteiger partial charge is 0.326 e. The molecule has 1 aliphatic rings. The van der Waals surface area contributed by atoms with E-state index < -0.39 is 17.1 Å². The number of hydrogen-bond donors (Lipinski definition) is 2. The highest BCUT2D eigenvalue weighted by molar-refractivity contribution is 8.18.